The fourth-order valence-electron chi connectivity index (χ4n) is 4.64. The molecular weight excluding hydrogens is 368 g/mol. The Bertz CT molecular complexity index is 812. The molecule has 1 saturated carbocycles. The third-order valence-corrected chi connectivity index (χ3v) is 6.60. The van der Waals surface area contributed by atoms with E-state index < -0.39 is 0 Å². The van der Waals surface area contributed by atoms with E-state index in [0.29, 0.717) is 11.7 Å². The Balaban J connectivity index is 1.18. The van der Waals surface area contributed by atoms with Gasteiger partial charge in [0.15, 0.2) is 11.6 Å². The zero-order valence-corrected chi connectivity index (χ0v) is 16.7. The quantitative estimate of drug-likeness (QED) is 0.761. The van der Waals surface area contributed by atoms with E-state index in [1.165, 1.54) is 25.6 Å². The van der Waals surface area contributed by atoms with Crippen LogP contribution < -0.4 is 4.90 Å². The molecule has 0 spiro atoms. The van der Waals surface area contributed by atoms with Crippen LogP contribution in [-0.4, -0.2) is 86.0 Å². The van der Waals surface area contributed by atoms with Crippen LogP contribution in [0.2, 0.25) is 0 Å². The normalized spacial score (nSPS) is 23.8. The zero-order valence-electron chi connectivity index (χ0n) is 16.7. The summed E-state index contributed by atoms with van der Waals surface area (Å²) in [7, 11) is 0. The zero-order chi connectivity index (χ0) is 19.6. The third-order valence-electron chi connectivity index (χ3n) is 6.60. The molecule has 154 valence electrons. The van der Waals surface area contributed by atoms with Gasteiger partial charge in [-0.3, -0.25) is 9.69 Å². The average molecular weight is 396 g/mol. The summed E-state index contributed by atoms with van der Waals surface area (Å²) in [6.45, 7) is 5.44. The molecule has 2 aromatic rings. The van der Waals surface area contributed by atoms with Gasteiger partial charge in [0, 0.05) is 45.3 Å². The highest BCUT2D eigenvalue weighted by molar-refractivity contribution is 5.80. The minimum atomic E-state index is 0.0517. The Labute approximate surface area is 170 Å². The standard InChI is InChI=1S/C20H28N8O/c29-20(26-11-9-25(10-12-26)17-4-1-5-17)16-3-2-8-27(13-16)18-6-7-19(24-23-18)28-15-21-14-22-28/h6-7,14-17H,1-5,8-13H2. The summed E-state index contributed by atoms with van der Waals surface area (Å²) in [5.41, 5.74) is 0. The van der Waals surface area contributed by atoms with Crippen LogP contribution in [0.3, 0.4) is 0 Å². The Morgan fingerprint density at radius 1 is 0.931 bits per heavy atom. The maximum Gasteiger partial charge on any atom is 0.227 e. The Morgan fingerprint density at radius 3 is 2.38 bits per heavy atom. The van der Waals surface area contributed by atoms with Crippen LogP contribution in [-0.2, 0) is 4.79 Å². The second-order valence-corrected chi connectivity index (χ2v) is 8.32. The summed E-state index contributed by atoms with van der Waals surface area (Å²) in [5.74, 6) is 1.83. The van der Waals surface area contributed by atoms with E-state index in [4.69, 9.17) is 0 Å². The number of hydrogen-bond acceptors (Lipinski definition) is 7. The number of carbonyl (C=O) groups excluding carboxylic acids is 1. The molecule has 1 amide bonds. The molecule has 0 radical (unpaired) electrons. The van der Waals surface area contributed by atoms with Crippen LogP contribution in [0.4, 0.5) is 5.82 Å². The predicted octanol–water partition coefficient (Wildman–Crippen LogP) is 0.970. The van der Waals surface area contributed by atoms with Crippen LogP contribution in [0.15, 0.2) is 24.8 Å². The second kappa shape index (κ2) is 8.06. The molecule has 3 fully saturated rings. The van der Waals surface area contributed by atoms with Crippen LogP contribution in [0, 0.1) is 5.92 Å². The SMILES string of the molecule is O=C(C1CCCN(c2ccc(-n3cncn3)nn2)C1)N1CCN(C2CCC2)CC1. The fraction of sp³-hybridized carbons (Fsp3) is 0.650. The van der Waals surface area contributed by atoms with Gasteiger partial charge in [-0.05, 0) is 37.8 Å². The van der Waals surface area contributed by atoms with Gasteiger partial charge in [0.2, 0.25) is 5.91 Å². The van der Waals surface area contributed by atoms with Crippen molar-refractivity contribution in [3.05, 3.63) is 24.8 Å². The van der Waals surface area contributed by atoms with Gasteiger partial charge in [-0.2, -0.15) is 5.10 Å². The molecule has 0 N–H and O–H groups in total. The summed E-state index contributed by atoms with van der Waals surface area (Å²) < 4.78 is 1.59. The highest BCUT2D eigenvalue weighted by Crippen LogP contribution is 2.27. The van der Waals surface area contributed by atoms with Crippen molar-refractivity contribution in [2.24, 2.45) is 5.92 Å². The molecule has 1 unspecified atom stereocenters. The van der Waals surface area contributed by atoms with E-state index in [1.54, 1.807) is 11.0 Å². The minimum Gasteiger partial charge on any atom is -0.354 e. The molecule has 5 rings (SSSR count). The summed E-state index contributed by atoms with van der Waals surface area (Å²) in [5, 5.41) is 12.7. The lowest BCUT2D eigenvalue weighted by molar-refractivity contribution is -0.138. The average Bonchev–Trinajstić information content (AvgIpc) is 3.28. The van der Waals surface area contributed by atoms with Gasteiger partial charge in [-0.25, -0.2) is 9.67 Å². The topological polar surface area (TPSA) is 83.3 Å². The van der Waals surface area contributed by atoms with E-state index in [-0.39, 0.29) is 5.92 Å². The van der Waals surface area contributed by atoms with Crippen molar-refractivity contribution >= 4 is 11.7 Å². The van der Waals surface area contributed by atoms with Gasteiger partial charge in [-0.1, -0.05) is 6.42 Å². The number of amides is 1. The number of nitrogens with zero attached hydrogens (tertiary/aromatic N) is 8. The van der Waals surface area contributed by atoms with Crippen molar-refractivity contribution in [2.45, 2.75) is 38.1 Å². The minimum absolute atomic E-state index is 0.0517. The highest BCUT2D eigenvalue weighted by Gasteiger charge is 2.33. The van der Waals surface area contributed by atoms with Gasteiger partial charge in [0.25, 0.3) is 0 Å². The summed E-state index contributed by atoms with van der Waals surface area (Å²) in [6.07, 6.45) is 9.08. The molecule has 1 aliphatic carbocycles. The summed E-state index contributed by atoms with van der Waals surface area (Å²) in [4.78, 5) is 23.9. The molecule has 0 aromatic carbocycles. The van der Waals surface area contributed by atoms with Gasteiger partial charge in [0.05, 0.1) is 5.92 Å². The Hall–Kier alpha value is -2.55. The van der Waals surface area contributed by atoms with E-state index in [1.807, 2.05) is 12.1 Å². The second-order valence-electron chi connectivity index (χ2n) is 8.32. The van der Waals surface area contributed by atoms with Gasteiger partial charge < -0.3 is 9.80 Å². The Morgan fingerprint density at radius 2 is 1.72 bits per heavy atom. The lowest BCUT2D eigenvalue weighted by Crippen LogP contribution is -2.55. The lowest BCUT2D eigenvalue weighted by atomic mass is 9.91. The van der Waals surface area contributed by atoms with Crippen LogP contribution >= 0.6 is 0 Å². The van der Waals surface area contributed by atoms with Gasteiger partial charge in [-0.15, -0.1) is 10.2 Å². The van der Waals surface area contributed by atoms with E-state index in [9.17, 15) is 4.79 Å². The number of rotatable bonds is 4. The summed E-state index contributed by atoms with van der Waals surface area (Å²) >= 11 is 0. The number of aromatic nitrogens is 5. The molecule has 2 saturated heterocycles. The smallest absolute Gasteiger partial charge is 0.227 e. The molecule has 0 bridgehead atoms. The van der Waals surface area contributed by atoms with Crippen molar-refractivity contribution in [1.82, 2.24) is 34.8 Å². The maximum atomic E-state index is 13.1. The summed E-state index contributed by atoms with van der Waals surface area (Å²) in [6, 6.07) is 4.62. The molecule has 2 aromatic heterocycles. The molecule has 4 heterocycles. The lowest BCUT2D eigenvalue weighted by Gasteiger charge is -2.44. The number of piperazine rings is 1. The molecule has 3 aliphatic rings. The first-order valence-corrected chi connectivity index (χ1v) is 10.7. The third kappa shape index (κ3) is 3.83. The van der Waals surface area contributed by atoms with Crippen LogP contribution in [0.5, 0.6) is 0 Å². The van der Waals surface area contributed by atoms with E-state index >= 15 is 0 Å². The molecule has 9 nitrogen and oxygen atoms in total. The first-order valence-electron chi connectivity index (χ1n) is 10.7. The number of hydrogen-bond donors (Lipinski definition) is 0. The number of carbonyl (C=O) groups is 1. The van der Waals surface area contributed by atoms with Crippen molar-refractivity contribution in [2.75, 3.05) is 44.2 Å². The highest BCUT2D eigenvalue weighted by atomic mass is 16.2. The van der Waals surface area contributed by atoms with Crippen molar-refractivity contribution in [1.29, 1.82) is 0 Å². The fourth-order valence-corrected chi connectivity index (χ4v) is 4.64. The van der Waals surface area contributed by atoms with Crippen LogP contribution in [0.25, 0.3) is 5.82 Å². The van der Waals surface area contributed by atoms with E-state index in [0.717, 1.165) is 64.0 Å². The van der Waals surface area contributed by atoms with Crippen LogP contribution in [0.1, 0.15) is 32.1 Å². The monoisotopic (exact) mass is 396 g/mol. The van der Waals surface area contributed by atoms with Crippen molar-refractivity contribution < 1.29 is 4.79 Å². The predicted molar refractivity (Wildman–Crippen MR) is 108 cm³/mol. The van der Waals surface area contributed by atoms with Gasteiger partial charge in [0.1, 0.15) is 12.7 Å². The largest absolute Gasteiger partial charge is 0.354 e. The number of anilines is 1. The van der Waals surface area contributed by atoms with Crippen molar-refractivity contribution in [3.8, 4) is 5.82 Å². The molecular formula is C20H28N8O. The molecule has 9 heteroatoms. The van der Waals surface area contributed by atoms with Gasteiger partial charge >= 0.3 is 0 Å². The maximum absolute atomic E-state index is 13.1. The first-order chi connectivity index (χ1) is 14.3. The Kier molecular flexibility index (Phi) is 5.13. The molecule has 2 aliphatic heterocycles. The number of piperidine rings is 1. The van der Waals surface area contributed by atoms with E-state index in [2.05, 4.69) is 35.0 Å². The van der Waals surface area contributed by atoms with Crippen molar-refractivity contribution in [3.63, 3.8) is 0 Å². The molecule has 29 heavy (non-hydrogen) atoms. The first kappa shape index (κ1) is 18.5. The molecule has 1 atom stereocenters.